The van der Waals surface area contributed by atoms with Gasteiger partial charge in [-0.3, -0.25) is 9.69 Å². The third kappa shape index (κ3) is 5.11. The van der Waals surface area contributed by atoms with Crippen LogP contribution in [0.4, 0.5) is 4.39 Å². The lowest BCUT2D eigenvalue weighted by molar-refractivity contribution is -0.132. The molecule has 2 heterocycles. The summed E-state index contributed by atoms with van der Waals surface area (Å²) >= 11 is 0. The Labute approximate surface area is 164 Å². The fourth-order valence-corrected chi connectivity index (χ4v) is 3.75. The second-order valence-electron chi connectivity index (χ2n) is 7.17. The number of rotatable bonds is 5. The van der Waals surface area contributed by atoms with Gasteiger partial charge in [0, 0.05) is 50.6 Å². The monoisotopic (exact) mass is 381 g/mol. The Morgan fingerprint density at radius 1 is 1.32 bits per heavy atom. The van der Waals surface area contributed by atoms with Crippen molar-refractivity contribution < 1.29 is 9.18 Å². The molecule has 1 aliphatic rings. The van der Waals surface area contributed by atoms with E-state index in [0.717, 1.165) is 43.5 Å². The minimum Gasteiger partial charge on any atom is -0.335 e. The van der Waals surface area contributed by atoms with Crippen molar-refractivity contribution in [3.63, 3.8) is 0 Å². The number of nitrogens with zero attached hydrogens (tertiary/aromatic N) is 5. The zero-order valence-corrected chi connectivity index (χ0v) is 16.0. The van der Waals surface area contributed by atoms with Crippen LogP contribution in [0.5, 0.6) is 0 Å². The number of aromatic nitrogens is 2. The van der Waals surface area contributed by atoms with Gasteiger partial charge in [-0.2, -0.15) is 5.26 Å². The lowest BCUT2D eigenvalue weighted by Crippen LogP contribution is -2.39. The van der Waals surface area contributed by atoms with Crippen molar-refractivity contribution in [2.45, 2.75) is 45.3 Å². The van der Waals surface area contributed by atoms with Crippen molar-refractivity contribution in [2.24, 2.45) is 0 Å². The van der Waals surface area contributed by atoms with Crippen molar-refractivity contribution in [3.05, 3.63) is 59.4 Å². The van der Waals surface area contributed by atoms with E-state index in [9.17, 15) is 14.4 Å². The topological polar surface area (TPSA) is 73.1 Å². The maximum atomic E-state index is 13.4. The third-order valence-electron chi connectivity index (χ3n) is 5.19. The van der Waals surface area contributed by atoms with Gasteiger partial charge in [-0.25, -0.2) is 14.4 Å². The van der Waals surface area contributed by atoms with E-state index in [4.69, 9.17) is 0 Å². The van der Waals surface area contributed by atoms with Gasteiger partial charge in [-0.05, 0) is 43.5 Å². The van der Waals surface area contributed by atoms with E-state index < -0.39 is 5.82 Å². The fraction of sp³-hybridized carbons (Fsp3) is 0.429. The first kappa shape index (κ1) is 19.9. The number of nitriles is 1. The van der Waals surface area contributed by atoms with Gasteiger partial charge in [0.2, 0.25) is 5.91 Å². The molecule has 0 saturated carbocycles. The van der Waals surface area contributed by atoms with Gasteiger partial charge in [-0.1, -0.05) is 6.07 Å². The van der Waals surface area contributed by atoms with Crippen molar-refractivity contribution in [1.29, 1.82) is 5.26 Å². The zero-order chi connectivity index (χ0) is 19.9. The van der Waals surface area contributed by atoms with Crippen molar-refractivity contribution in [3.8, 4) is 6.07 Å². The first-order chi connectivity index (χ1) is 13.6. The number of carbonyl (C=O) groups excluding carboxylic acids is 1. The number of hydrogen-bond donors (Lipinski definition) is 0. The van der Waals surface area contributed by atoms with Crippen LogP contribution in [0.1, 0.15) is 42.9 Å². The maximum absolute atomic E-state index is 13.4. The summed E-state index contributed by atoms with van der Waals surface area (Å²) < 4.78 is 13.4. The van der Waals surface area contributed by atoms with Gasteiger partial charge in [0.05, 0.1) is 11.6 Å². The van der Waals surface area contributed by atoms with E-state index >= 15 is 0 Å². The highest BCUT2D eigenvalue weighted by Crippen LogP contribution is 2.21. The molecule has 0 aliphatic carbocycles. The minimum absolute atomic E-state index is 0.0487. The third-order valence-corrected chi connectivity index (χ3v) is 5.19. The Morgan fingerprint density at radius 2 is 2.11 bits per heavy atom. The van der Waals surface area contributed by atoms with Gasteiger partial charge in [0.15, 0.2) is 0 Å². The molecule has 1 atom stereocenters. The number of benzene rings is 1. The predicted molar refractivity (Wildman–Crippen MR) is 102 cm³/mol. The summed E-state index contributed by atoms with van der Waals surface area (Å²) in [5.41, 5.74) is 2.14. The van der Waals surface area contributed by atoms with E-state index in [1.165, 1.54) is 18.5 Å². The Balaban J connectivity index is 1.65. The molecule has 0 unspecified atom stereocenters. The normalized spacial score (nSPS) is 17.5. The van der Waals surface area contributed by atoms with Crippen molar-refractivity contribution in [1.82, 2.24) is 19.8 Å². The molecule has 0 N–H and O–H groups in total. The number of carbonyl (C=O) groups is 1. The van der Waals surface area contributed by atoms with Crippen LogP contribution in [0, 0.1) is 17.1 Å². The first-order valence-corrected chi connectivity index (χ1v) is 9.49. The van der Waals surface area contributed by atoms with Crippen LogP contribution in [0.15, 0.2) is 36.9 Å². The number of halogens is 1. The highest BCUT2D eigenvalue weighted by molar-refractivity contribution is 5.73. The molecule has 6 nitrogen and oxygen atoms in total. The summed E-state index contributed by atoms with van der Waals surface area (Å²) in [5, 5.41) is 9.25. The summed E-state index contributed by atoms with van der Waals surface area (Å²) in [5.74, 6) is -0.342. The second kappa shape index (κ2) is 9.38. The van der Waals surface area contributed by atoms with Crippen molar-refractivity contribution in [2.75, 3.05) is 13.1 Å². The molecule has 0 bridgehead atoms. The molecule has 1 amide bonds. The molecule has 1 saturated heterocycles. The summed E-state index contributed by atoms with van der Waals surface area (Å²) in [7, 11) is 0. The Morgan fingerprint density at radius 3 is 2.82 bits per heavy atom. The summed E-state index contributed by atoms with van der Waals surface area (Å²) in [6.07, 6.45) is 7.71. The lowest BCUT2D eigenvalue weighted by atomic mass is 10.1. The molecule has 0 spiro atoms. The SMILES string of the molecule is CC(=O)N(Cc1cncnc1)[C@H]1CCCN(Cc2ccc(F)cc2C#N)CC1. The van der Waals surface area contributed by atoms with Crippen LogP contribution in [-0.2, 0) is 17.9 Å². The Kier molecular flexibility index (Phi) is 6.66. The Bertz CT molecular complexity index is 852. The van der Waals surface area contributed by atoms with Gasteiger partial charge in [0.1, 0.15) is 12.1 Å². The first-order valence-electron chi connectivity index (χ1n) is 9.49. The van der Waals surface area contributed by atoms with Crippen LogP contribution in [0.25, 0.3) is 0 Å². The largest absolute Gasteiger partial charge is 0.335 e. The molecule has 1 aliphatic heterocycles. The van der Waals surface area contributed by atoms with E-state index in [-0.39, 0.29) is 11.9 Å². The van der Waals surface area contributed by atoms with Crippen LogP contribution in [-0.4, -0.2) is 44.8 Å². The van der Waals surface area contributed by atoms with Gasteiger partial charge >= 0.3 is 0 Å². The molecule has 0 radical (unpaired) electrons. The van der Waals surface area contributed by atoms with E-state index in [1.807, 2.05) is 4.90 Å². The molecular formula is C21H24FN5O. The molecule has 146 valence electrons. The number of likely N-dealkylation sites (tertiary alicyclic amines) is 1. The summed E-state index contributed by atoms with van der Waals surface area (Å²) in [6.45, 7) is 4.44. The predicted octanol–water partition coefficient (Wildman–Crippen LogP) is 2.89. The molecule has 7 heteroatoms. The second-order valence-corrected chi connectivity index (χ2v) is 7.17. The molecule has 1 aromatic carbocycles. The van der Waals surface area contributed by atoms with Gasteiger partial charge in [-0.15, -0.1) is 0 Å². The van der Waals surface area contributed by atoms with Crippen LogP contribution in [0.3, 0.4) is 0 Å². The summed E-state index contributed by atoms with van der Waals surface area (Å²) in [4.78, 5) is 24.5. The zero-order valence-electron chi connectivity index (χ0n) is 16.0. The van der Waals surface area contributed by atoms with Crippen LogP contribution < -0.4 is 0 Å². The van der Waals surface area contributed by atoms with Crippen LogP contribution >= 0.6 is 0 Å². The molecule has 1 aromatic heterocycles. The van der Waals surface area contributed by atoms with Gasteiger partial charge < -0.3 is 4.90 Å². The summed E-state index contributed by atoms with van der Waals surface area (Å²) in [6, 6.07) is 6.61. The molecule has 3 rings (SSSR count). The minimum atomic E-state index is -0.391. The number of amides is 1. The lowest BCUT2D eigenvalue weighted by Gasteiger charge is -2.30. The average molecular weight is 381 g/mol. The fourth-order valence-electron chi connectivity index (χ4n) is 3.75. The quantitative estimate of drug-likeness (QED) is 0.796. The average Bonchev–Trinajstić information content (AvgIpc) is 2.93. The van der Waals surface area contributed by atoms with Gasteiger partial charge in [0.25, 0.3) is 0 Å². The van der Waals surface area contributed by atoms with Crippen molar-refractivity contribution >= 4 is 5.91 Å². The smallest absolute Gasteiger partial charge is 0.219 e. The van der Waals surface area contributed by atoms with Crippen LogP contribution in [0.2, 0.25) is 0 Å². The van der Waals surface area contributed by atoms with E-state index in [2.05, 4.69) is 20.9 Å². The standard InChI is InChI=1S/C21H24FN5O/c1-16(28)27(13-17-11-24-15-25-12-17)21-3-2-7-26(8-6-21)14-18-4-5-20(22)9-19(18)10-23/h4-5,9,11-12,15,21H,2-3,6-8,13-14H2,1H3/t21-/m0/s1. The highest BCUT2D eigenvalue weighted by atomic mass is 19.1. The maximum Gasteiger partial charge on any atom is 0.219 e. The molecule has 1 fully saturated rings. The molecule has 28 heavy (non-hydrogen) atoms. The number of hydrogen-bond acceptors (Lipinski definition) is 5. The van der Waals surface area contributed by atoms with E-state index in [0.29, 0.717) is 18.7 Å². The molecule has 2 aromatic rings. The highest BCUT2D eigenvalue weighted by Gasteiger charge is 2.25. The Hall–Kier alpha value is -2.85. The van der Waals surface area contributed by atoms with E-state index in [1.54, 1.807) is 25.4 Å². The molecular weight excluding hydrogens is 357 g/mol.